The van der Waals surface area contributed by atoms with Gasteiger partial charge in [0.25, 0.3) is 0 Å². The standard InChI is InChI=1S/4C15H23NO4S.2Rh/c4*1-10(2)13(14(17)18)16-21(19,20)12-8-6-11(7-9-12)15(3,4)5;;/h4*6-10,13,16H,1-5H3,(H,17,18);;/t4*13-;;/m1111../s1. The summed E-state index contributed by atoms with van der Waals surface area (Å²) < 4.78 is 107. The Morgan fingerprint density at radius 1 is 0.291 bits per heavy atom. The number of hydrogen-bond acceptors (Lipinski definition) is 12. The van der Waals surface area contributed by atoms with Crippen LogP contribution >= 0.6 is 0 Å². The maximum atomic E-state index is 12.2. The molecule has 4 rings (SSSR count). The summed E-state index contributed by atoms with van der Waals surface area (Å²) >= 11 is 0. The molecule has 490 valence electrons. The summed E-state index contributed by atoms with van der Waals surface area (Å²) in [5, 5.41) is 36.3. The van der Waals surface area contributed by atoms with Crippen molar-refractivity contribution in [3.63, 3.8) is 0 Å². The van der Waals surface area contributed by atoms with E-state index in [-0.39, 0.29) is 104 Å². The van der Waals surface area contributed by atoms with E-state index in [9.17, 15) is 52.8 Å². The van der Waals surface area contributed by atoms with E-state index < -0.39 is 88.1 Å². The van der Waals surface area contributed by atoms with Crippen molar-refractivity contribution in [3.8, 4) is 0 Å². The Hall–Kier alpha value is -4.35. The topological polar surface area (TPSA) is 334 Å². The molecular formula is C60H92N4O16Rh2S4. The third kappa shape index (κ3) is 26.8. The maximum Gasteiger partial charge on any atom is 0.322 e. The predicted octanol–water partition coefficient (Wildman–Crippen LogP) is 9.48. The monoisotopic (exact) mass is 1460 g/mol. The van der Waals surface area contributed by atoms with Gasteiger partial charge in [-0.3, -0.25) is 19.2 Å². The maximum absolute atomic E-state index is 12.2. The molecule has 0 saturated carbocycles. The van der Waals surface area contributed by atoms with E-state index in [0.29, 0.717) is 0 Å². The fourth-order valence-electron chi connectivity index (χ4n) is 7.36. The number of carboxylic acids is 4. The molecule has 4 aromatic rings. The Bertz CT molecular complexity index is 2850. The molecular weight excluding hydrogens is 1370 g/mol. The summed E-state index contributed by atoms with van der Waals surface area (Å²) in [6.45, 7) is 37.7. The van der Waals surface area contributed by atoms with Crippen molar-refractivity contribution in [2.75, 3.05) is 0 Å². The van der Waals surface area contributed by atoms with Crippen LogP contribution in [0.5, 0.6) is 0 Å². The normalized spacial score (nSPS) is 13.9. The van der Waals surface area contributed by atoms with Crippen LogP contribution in [0.1, 0.15) is 161 Å². The van der Waals surface area contributed by atoms with E-state index >= 15 is 0 Å². The first-order valence-electron chi connectivity index (χ1n) is 27.2. The van der Waals surface area contributed by atoms with Gasteiger partial charge in [0, 0.05) is 39.0 Å². The minimum Gasteiger partial charge on any atom is -0.480 e. The molecule has 0 bridgehead atoms. The molecule has 0 spiro atoms. The van der Waals surface area contributed by atoms with Crippen molar-refractivity contribution < 1.29 is 112 Å². The molecule has 86 heavy (non-hydrogen) atoms. The average Bonchev–Trinajstić information content (AvgIpc) is 3.35. The molecule has 4 aromatic carbocycles. The number of hydrogen-bond donors (Lipinski definition) is 8. The molecule has 0 saturated heterocycles. The van der Waals surface area contributed by atoms with Crippen LogP contribution in [-0.2, 0) is 120 Å². The third-order valence-electron chi connectivity index (χ3n) is 13.0. The zero-order valence-corrected chi connectivity index (χ0v) is 59.4. The Kier molecular flexibility index (Phi) is 32.6. The van der Waals surface area contributed by atoms with Gasteiger partial charge >= 0.3 is 23.9 Å². The summed E-state index contributed by atoms with van der Waals surface area (Å²) in [6, 6.07) is 21.4. The number of carbonyl (C=O) groups is 4. The van der Waals surface area contributed by atoms with Gasteiger partial charge in [-0.05, 0) is 116 Å². The van der Waals surface area contributed by atoms with Gasteiger partial charge in [0.05, 0.1) is 19.6 Å². The van der Waals surface area contributed by atoms with Crippen LogP contribution in [0, 0.1) is 23.7 Å². The number of carboxylic acid groups (broad SMARTS) is 4. The molecule has 0 amide bonds. The van der Waals surface area contributed by atoms with Gasteiger partial charge in [-0.2, -0.15) is 18.9 Å². The fourth-order valence-corrected chi connectivity index (χ4v) is 12.7. The number of aliphatic carboxylic acids is 4. The van der Waals surface area contributed by atoms with Gasteiger partial charge in [0.15, 0.2) is 0 Å². The number of nitrogens with one attached hydrogen (secondary N) is 4. The molecule has 0 aromatic heterocycles. The van der Waals surface area contributed by atoms with E-state index in [0.717, 1.165) is 22.3 Å². The van der Waals surface area contributed by atoms with Crippen molar-refractivity contribution in [2.45, 2.75) is 204 Å². The van der Waals surface area contributed by atoms with Crippen LogP contribution < -0.4 is 18.9 Å². The molecule has 4 atom stereocenters. The SMILES string of the molecule is CC(C)[C@@H](NS(=O)(=O)c1ccc(C(C)(C)C)cc1)C(=O)O.CC(C)[C@@H](NS(=O)(=O)c1ccc(C(C)(C)C)cc1)C(=O)O.CC(C)[C@@H](NS(=O)(=O)c1ccc(C(C)(C)C)cc1)C(=O)O.CC(C)[C@@H](NS(=O)(=O)c1ccc(C(C)(C)C)cc1)C(=O)O.[Rh].[Rh]. The van der Waals surface area contributed by atoms with Crippen molar-refractivity contribution in [3.05, 3.63) is 119 Å². The molecule has 2 radical (unpaired) electrons. The van der Waals surface area contributed by atoms with Gasteiger partial charge in [-0.1, -0.05) is 187 Å². The summed E-state index contributed by atoms with van der Waals surface area (Å²) in [5.41, 5.74) is 3.77. The molecule has 0 heterocycles. The molecule has 0 fully saturated rings. The van der Waals surface area contributed by atoms with Gasteiger partial charge in [-0.15, -0.1) is 0 Å². The first-order chi connectivity index (χ1) is 37.8. The van der Waals surface area contributed by atoms with Gasteiger partial charge < -0.3 is 20.4 Å². The molecule has 0 aliphatic heterocycles. The molecule has 0 aliphatic carbocycles. The van der Waals surface area contributed by atoms with Gasteiger partial charge in [0.1, 0.15) is 24.2 Å². The van der Waals surface area contributed by atoms with E-state index in [2.05, 4.69) is 18.9 Å². The minimum absolute atomic E-state index is 0. The first kappa shape index (κ1) is 83.7. The van der Waals surface area contributed by atoms with Gasteiger partial charge in [0.2, 0.25) is 40.1 Å². The van der Waals surface area contributed by atoms with E-state index in [4.69, 9.17) is 20.4 Å². The number of rotatable bonds is 20. The second-order valence-electron chi connectivity index (χ2n) is 25.8. The Morgan fingerprint density at radius 3 is 0.488 bits per heavy atom. The third-order valence-corrected chi connectivity index (χ3v) is 18.8. The Morgan fingerprint density at radius 2 is 0.407 bits per heavy atom. The van der Waals surface area contributed by atoms with Crippen molar-refractivity contribution in [1.29, 1.82) is 0 Å². The minimum atomic E-state index is -3.84. The van der Waals surface area contributed by atoms with E-state index in [1.807, 2.05) is 83.1 Å². The van der Waals surface area contributed by atoms with E-state index in [1.54, 1.807) is 104 Å². The molecule has 0 aliphatic rings. The van der Waals surface area contributed by atoms with Crippen molar-refractivity contribution in [2.24, 2.45) is 23.7 Å². The predicted molar refractivity (Wildman–Crippen MR) is 327 cm³/mol. The van der Waals surface area contributed by atoms with Crippen LogP contribution in [0.3, 0.4) is 0 Å². The zero-order chi connectivity index (χ0) is 65.7. The zero-order valence-electron chi connectivity index (χ0n) is 52.8. The summed E-state index contributed by atoms with van der Waals surface area (Å²) in [6.07, 6.45) is 0. The van der Waals surface area contributed by atoms with E-state index in [1.165, 1.54) is 48.5 Å². The summed E-state index contributed by atoms with van der Waals surface area (Å²) in [4.78, 5) is 44.7. The molecule has 26 heteroatoms. The summed E-state index contributed by atoms with van der Waals surface area (Å²) in [5.74, 6) is -6.09. The second kappa shape index (κ2) is 33.5. The molecule has 0 unspecified atom stereocenters. The number of benzene rings is 4. The number of sulfonamides is 4. The fraction of sp³-hybridized carbons (Fsp3) is 0.533. The van der Waals surface area contributed by atoms with Crippen molar-refractivity contribution >= 4 is 64.0 Å². The Labute approximate surface area is 538 Å². The second-order valence-corrected chi connectivity index (χ2v) is 32.7. The molecule has 8 N–H and O–H groups in total. The van der Waals surface area contributed by atoms with Crippen LogP contribution in [0.2, 0.25) is 0 Å². The van der Waals surface area contributed by atoms with Crippen LogP contribution in [0.15, 0.2) is 117 Å². The molecule has 20 nitrogen and oxygen atoms in total. The quantitative estimate of drug-likeness (QED) is 0.0382. The summed E-state index contributed by atoms with van der Waals surface area (Å²) in [7, 11) is -15.4. The first-order valence-corrected chi connectivity index (χ1v) is 33.2. The average molecular weight is 1460 g/mol. The van der Waals surface area contributed by atoms with Crippen LogP contribution in [0.25, 0.3) is 0 Å². The largest absolute Gasteiger partial charge is 0.480 e. The van der Waals surface area contributed by atoms with Crippen molar-refractivity contribution in [1.82, 2.24) is 18.9 Å². The van der Waals surface area contributed by atoms with Crippen LogP contribution in [-0.4, -0.2) is 102 Å². The smallest absolute Gasteiger partial charge is 0.322 e. The Balaban J connectivity index is 0. The van der Waals surface area contributed by atoms with Crippen LogP contribution in [0.4, 0.5) is 0 Å². The van der Waals surface area contributed by atoms with Gasteiger partial charge in [-0.25, -0.2) is 33.7 Å².